The van der Waals surface area contributed by atoms with Crippen LogP contribution in [0.2, 0.25) is 0 Å². The zero-order valence-electron chi connectivity index (χ0n) is 14.0. The van der Waals surface area contributed by atoms with E-state index in [4.69, 9.17) is 0 Å². The van der Waals surface area contributed by atoms with Gasteiger partial charge in [0.05, 0.1) is 0 Å². The van der Waals surface area contributed by atoms with Crippen LogP contribution < -0.4 is 0 Å². The molecule has 1 aromatic heterocycles. The van der Waals surface area contributed by atoms with E-state index in [1.165, 1.54) is 56.4 Å². The van der Waals surface area contributed by atoms with Crippen LogP contribution in [-0.2, 0) is 12.8 Å². The Morgan fingerprint density at radius 2 is 1.87 bits per heavy atom. The SMILES string of the molecule is C=C1CCCc2c(-c3ccc(CC)cc3)[nH]c3cc(C)cc1c23. The van der Waals surface area contributed by atoms with Crippen molar-refractivity contribution < 1.29 is 0 Å². The fourth-order valence-corrected chi connectivity index (χ4v) is 3.84. The van der Waals surface area contributed by atoms with Crippen molar-refractivity contribution in [2.24, 2.45) is 0 Å². The Kier molecular flexibility index (Phi) is 3.37. The van der Waals surface area contributed by atoms with Crippen LogP contribution in [0.5, 0.6) is 0 Å². The van der Waals surface area contributed by atoms with Gasteiger partial charge in [-0.25, -0.2) is 0 Å². The van der Waals surface area contributed by atoms with Crippen LogP contribution in [0.25, 0.3) is 27.7 Å². The molecular formula is C22H23N. The van der Waals surface area contributed by atoms with Gasteiger partial charge in [0.15, 0.2) is 0 Å². The van der Waals surface area contributed by atoms with E-state index in [0.29, 0.717) is 0 Å². The van der Waals surface area contributed by atoms with Crippen molar-refractivity contribution in [2.75, 3.05) is 0 Å². The Morgan fingerprint density at radius 1 is 1.09 bits per heavy atom. The van der Waals surface area contributed by atoms with Gasteiger partial charge < -0.3 is 4.98 Å². The third kappa shape index (κ3) is 2.31. The largest absolute Gasteiger partial charge is 0.354 e. The second-order valence-electron chi connectivity index (χ2n) is 6.72. The Bertz CT molecular complexity index is 894. The molecule has 0 atom stereocenters. The highest BCUT2D eigenvalue weighted by molar-refractivity contribution is 5.99. The van der Waals surface area contributed by atoms with Gasteiger partial charge in [-0.3, -0.25) is 0 Å². The minimum absolute atomic E-state index is 1.09. The Hall–Kier alpha value is -2.28. The van der Waals surface area contributed by atoms with E-state index in [-0.39, 0.29) is 0 Å². The fraction of sp³-hybridized carbons (Fsp3) is 0.273. The monoisotopic (exact) mass is 301 g/mol. The van der Waals surface area contributed by atoms with E-state index in [1.807, 2.05) is 0 Å². The Labute approximate surface area is 138 Å². The summed E-state index contributed by atoms with van der Waals surface area (Å²) < 4.78 is 0. The summed E-state index contributed by atoms with van der Waals surface area (Å²) in [6, 6.07) is 13.6. The second-order valence-corrected chi connectivity index (χ2v) is 6.72. The first kappa shape index (κ1) is 14.3. The van der Waals surface area contributed by atoms with Gasteiger partial charge in [-0.05, 0) is 72.1 Å². The first-order valence-electron chi connectivity index (χ1n) is 8.60. The molecule has 0 bridgehead atoms. The van der Waals surface area contributed by atoms with E-state index in [1.54, 1.807) is 0 Å². The molecule has 1 aliphatic carbocycles. The molecule has 0 radical (unpaired) electrons. The van der Waals surface area contributed by atoms with E-state index < -0.39 is 0 Å². The van der Waals surface area contributed by atoms with Gasteiger partial charge >= 0.3 is 0 Å². The van der Waals surface area contributed by atoms with Crippen molar-refractivity contribution in [2.45, 2.75) is 39.5 Å². The third-order valence-electron chi connectivity index (χ3n) is 5.08. The maximum Gasteiger partial charge on any atom is 0.0497 e. The molecule has 1 aliphatic rings. The zero-order valence-corrected chi connectivity index (χ0v) is 14.0. The van der Waals surface area contributed by atoms with Crippen LogP contribution >= 0.6 is 0 Å². The van der Waals surface area contributed by atoms with Crippen molar-refractivity contribution in [1.82, 2.24) is 4.98 Å². The van der Waals surface area contributed by atoms with Crippen molar-refractivity contribution in [3.05, 3.63) is 65.2 Å². The predicted octanol–water partition coefficient (Wildman–Crippen LogP) is 6.06. The topological polar surface area (TPSA) is 15.8 Å². The average molecular weight is 301 g/mol. The van der Waals surface area contributed by atoms with Crippen molar-refractivity contribution in [1.29, 1.82) is 0 Å². The number of rotatable bonds is 2. The molecule has 116 valence electrons. The third-order valence-corrected chi connectivity index (χ3v) is 5.08. The molecule has 0 aliphatic heterocycles. The molecule has 0 saturated carbocycles. The number of aryl methyl sites for hydroxylation is 3. The van der Waals surface area contributed by atoms with Gasteiger partial charge in [0, 0.05) is 16.6 Å². The van der Waals surface area contributed by atoms with E-state index >= 15 is 0 Å². The van der Waals surface area contributed by atoms with Gasteiger partial charge in [0.2, 0.25) is 0 Å². The van der Waals surface area contributed by atoms with Gasteiger partial charge in [0.1, 0.15) is 0 Å². The minimum atomic E-state index is 1.09. The van der Waals surface area contributed by atoms with Crippen molar-refractivity contribution >= 4 is 16.5 Å². The summed E-state index contributed by atoms with van der Waals surface area (Å²) in [6.07, 6.45) is 4.49. The Balaban J connectivity index is 1.98. The van der Waals surface area contributed by atoms with Crippen LogP contribution in [0.1, 0.15) is 42.0 Å². The number of H-pyrrole nitrogens is 1. The smallest absolute Gasteiger partial charge is 0.0497 e. The van der Waals surface area contributed by atoms with E-state index in [0.717, 1.165) is 19.3 Å². The molecule has 1 N–H and O–H groups in total. The quantitative estimate of drug-likeness (QED) is 0.592. The molecule has 2 aromatic carbocycles. The van der Waals surface area contributed by atoms with Gasteiger partial charge in [0.25, 0.3) is 0 Å². The number of aromatic amines is 1. The number of aromatic nitrogens is 1. The molecule has 0 fully saturated rings. The summed E-state index contributed by atoms with van der Waals surface area (Å²) in [7, 11) is 0. The molecular weight excluding hydrogens is 278 g/mol. The van der Waals surface area contributed by atoms with Crippen LogP contribution in [-0.4, -0.2) is 4.98 Å². The molecule has 3 aromatic rings. The summed E-state index contributed by atoms with van der Waals surface area (Å²) in [5.41, 5.74) is 10.6. The van der Waals surface area contributed by atoms with Crippen LogP contribution in [0, 0.1) is 6.92 Å². The number of benzene rings is 2. The lowest BCUT2D eigenvalue weighted by Gasteiger charge is -2.06. The molecule has 4 rings (SSSR count). The highest BCUT2D eigenvalue weighted by atomic mass is 14.7. The second kappa shape index (κ2) is 5.42. The van der Waals surface area contributed by atoms with Gasteiger partial charge in [-0.2, -0.15) is 0 Å². The molecule has 0 saturated heterocycles. The maximum absolute atomic E-state index is 4.33. The number of hydrogen-bond donors (Lipinski definition) is 1. The van der Waals surface area contributed by atoms with E-state index in [9.17, 15) is 0 Å². The van der Waals surface area contributed by atoms with Gasteiger partial charge in [-0.1, -0.05) is 43.8 Å². The van der Waals surface area contributed by atoms with Crippen LogP contribution in [0.3, 0.4) is 0 Å². The first-order chi connectivity index (χ1) is 11.2. The molecule has 1 nitrogen and oxygen atoms in total. The molecule has 23 heavy (non-hydrogen) atoms. The lowest BCUT2D eigenvalue weighted by molar-refractivity contribution is 0.868. The summed E-state index contributed by atoms with van der Waals surface area (Å²) in [6.45, 7) is 8.70. The summed E-state index contributed by atoms with van der Waals surface area (Å²) in [5, 5.41) is 1.40. The zero-order chi connectivity index (χ0) is 16.0. The normalized spacial score (nSPS) is 14.3. The van der Waals surface area contributed by atoms with Crippen molar-refractivity contribution in [3.63, 3.8) is 0 Å². The molecule has 1 heterocycles. The lowest BCUT2D eigenvalue weighted by atomic mass is 9.97. The van der Waals surface area contributed by atoms with Crippen LogP contribution in [0.15, 0.2) is 43.0 Å². The van der Waals surface area contributed by atoms with Crippen molar-refractivity contribution in [3.8, 4) is 11.3 Å². The summed E-state index contributed by atoms with van der Waals surface area (Å²) >= 11 is 0. The number of allylic oxidation sites excluding steroid dienone is 1. The fourth-order valence-electron chi connectivity index (χ4n) is 3.84. The molecule has 1 heteroatoms. The Morgan fingerprint density at radius 3 is 2.61 bits per heavy atom. The van der Waals surface area contributed by atoms with Gasteiger partial charge in [-0.15, -0.1) is 0 Å². The number of nitrogens with one attached hydrogen (secondary N) is 1. The maximum atomic E-state index is 4.33. The average Bonchev–Trinajstić information content (AvgIpc) is 2.83. The standard InChI is InChI=1S/C22H23N/c1-4-16-8-10-17(11-9-16)22-18-7-5-6-15(3)19-12-14(2)13-20(23-22)21(18)19/h8-13,23H,3-7H2,1-2H3. The first-order valence-corrected chi connectivity index (χ1v) is 8.60. The highest BCUT2D eigenvalue weighted by Gasteiger charge is 2.20. The highest BCUT2D eigenvalue weighted by Crippen LogP contribution is 2.40. The molecule has 0 amide bonds. The predicted molar refractivity (Wildman–Crippen MR) is 99.8 cm³/mol. The van der Waals surface area contributed by atoms with Crippen LogP contribution in [0.4, 0.5) is 0 Å². The van der Waals surface area contributed by atoms with E-state index in [2.05, 4.69) is 61.8 Å². The lowest BCUT2D eigenvalue weighted by Crippen LogP contribution is -1.88. The molecule has 0 spiro atoms. The summed E-state index contributed by atoms with van der Waals surface area (Å²) in [5.74, 6) is 0. The molecule has 0 unspecified atom stereocenters. The summed E-state index contributed by atoms with van der Waals surface area (Å²) in [4.78, 5) is 3.70. The number of hydrogen-bond acceptors (Lipinski definition) is 0. The minimum Gasteiger partial charge on any atom is -0.354 e.